The third-order valence-corrected chi connectivity index (χ3v) is 8.85. The first kappa shape index (κ1) is 18.4. The highest BCUT2D eigenvalue weighted by molar-refractivity contribution is 7.22. The molecule has 2 bridgehead atoms. The molecule has 3 N–H and O–H groups in total. The lowest BCUT2D eigenvalue weighted by molar-refractivity contribution is 0.161. The normalized spacial score (nSPS) is 28.3. The van der Waals surface area contributed by atoms with Crippen LogP contribution in [0.4, 0.5) is 15.6 Å². The Bertz CT molecular complexity index is 1390. The minimum Gasteiger partial charge on any atom is -0.452 e. The summed E-state index contributed by atoms with van der Waals surface area (Å²) in [4.78, 5) is 19.6. The van der Waals surface area contributed by atoms with Gasteiger partial charge in [-0.2, -0.15) is 5.10 Å². The van der Waals surface area contributed by atoms with Crippen LogP contribution in [-0.4, -0.2) is 28.4 Å². The molecule has 2 aromatic carbocycles. The van der Waals surface area contributed by atoms with Gasteiger partial charge in [-0.15, -0.1) is 0 Å². The van der Waals surface area contributed by atoms with E-state index >= 15 is 0 Å². The number of H-pyrrole nitrogens is 1. The molecule has 32 heavy (non-hydrogen) atoms. The second kappa shape index (κ2) is 6.45. The zero-order valence-corrected chi connectivity index (χ0v) is 18.4. The van der Waals surface area contributed by atoms with Crippen molar-refractivity contribution in [2.24, 2.45) is 17.8 Å². The van der Waals surface area contributed by atoms with Crippen molar-refractivity contribution in [1.29, 1.82) is 0 Å². The summed E-state index contributed by atoms with van der Waals surface area (Å²) in [5, 5.41) is 9.12. The molecule has 2 fully saturated rings. The molecule has 0 saturated heterocycles. The van der Waals surface area contributed by atoms with E-state index in [1.165, 1.54) is 43.3 Å². The van der Waals surface area contributed by atoms with E-state index in [0.717, 1.165) is 32.4 Å². The Morgan fingerprint density at radius 3 is 3.00 bits per heavy atom. The average molecular weight is 446 g/mol. The predicted octanol–water partition coefficient (Wildman–Crippen LogP) is 5.21. The lowest BCUT2D eigenvalue weighted by atomic mass is 9.66. The van der Waals surface area contributed by atoms with E-state index in [4.69, 9.17) is 10.5 Å². The summed E-state index contributed by atoms with van der Waals surface area (Å²) in [6.45, 7) is 0. The van der Waals surface area contributed by atoms with E-state index in [-0.39, 0.29) is 12.1 Å². The number of hydrogen-bond acceptors (Lipinski definition) is 6. The molecule has 1 aliphatic heterocycles. The Morgan fingerprint density at radius 2 is 2.12 bits per heavy atom. The largest absolute Gasteiger partial charge is 0.452 e. The summed E-state index contributed by atoms with van der Waals surface area (Å²) in [6.07, 6.45) is 5.31. The van der Waals surface area contributed by atoms with Crippen molar-refractivity contribution in [1.82, 2.24) is 15.2 Å². The minimum atomic E-state index is -0.316. The van der Waals surface area contributed by atoms with Crippen molar-refractivity contribution < 1.29 is 9.53 Å². The van der Waals surface area contributed by atoms with E-state index < -0.39 is 0 Å². The van der Waals surface area contributed by atoms with Crippen LogP contribution in [-0.2, 0) is 4.74 Å². The van der Waals surface area contributed by atoms with Crippen molar-refractivity contribution in [3.8, 4) is 0 Å². The number of carbonyl (C=O) groups is 1. The molecule has 1 amide bonds. The number of nitrogens with zero attached hydrogens (tertiary/aromatic N) is 3. The molecule has 0 spiro atoms. The number of benzene rings is 2. The smallest absolute Gasteiger partial charge is 0.414 e. The molecule has 8 heteroatoms. The Morgan fingerprint density at radius 1 is 1.25 bits per heavy atom. The number of rotatable bonds is 1. The molecule has 0 radical (unpaired) electrons. The molecule has 3 aliphatic rings. The van der Waals surface area contributed by atoms with Gasteiger partial charge in [0.05, 0.1) is 40.8 Å². The SMILES string of the molecule is COC(=O)N1c2ccc3[nH]ncc3c2[C@H]2C3CCC(C3)[C@H]2C1c1ccc2nc(N)sc2c1. The summed E-state index contributed by atoms with van der Waals surface area (Å²) in [7, 11) is 1.47. The molecule has 2 aliphatic carbocycles. The number of nitrogens with one attached hydrogen (secondary N) is 1. The van der Waals surface area contributed by atoms with Gasteiger partial charge in [0.15, 0.2) is 5.13 Å². The average Bonchev–Trinajstić information content (AvgIpc) is 3.59. The van der Waals surface area contributed by atoms with Crippen LogP contribution in [0, 0.1) is 17.8 Å². The predicted molar refractivity (Wildman–Crippen MR) is 125 cm³/mol. The van der Waals surface area contributed by atoms with Crippen LogP contribution in [0.2, 0.25) is 0 Å². The van der Waals surface area contributed by atoms with Crippen molar-refractivity contribution in [2.75, 3.05) is 17.7 Å². The lowest BCUT2D eigenvalue weighted by Gasteiger charge is -2.48. The fourth-order valence-electron chi connectivity index (χ4n) is 6.95. The summed E-state index contributed by atoms with van der Waals surface area (Å²) >= 11 is 1.49. The highest BCUT2D eigenvalue weighted by Gasteiger charge is 2.57. The number of hydrogen-bond donors (Lipinski definition) is 2. The topological polar surface area (TPSA) is 97.1 Å². The Kier molecular flexibility index (Phi) is 3.72. The number of anilines is 2. The molecule has 2 aromatic heterocycles. The lowest BCUT2D eigenvalue weighted by Crippen LogP contribution is -2.46. The van der Waals surface area contributed by atoms with Crippen LogP contribution in [0.5, 0.6) is 0 Å². The maximum atomic E-state index is 13.3. The summed E-state index contributed by atoms with van der Waals surface area (Å²) in [5.74, 6) is 2.01. The first-order chi connectivity index (χ1) is 15.6. The molecule has 7 nitrogen and oxygen atoms in total. The Hall–Kier alpha value is -3.13. The fraction of sp³-hybridized carbons (Fsp3) is 0.375. The second-order valence-electron chi connectivity index (χ2n) is 9.33. The number of aromatic nitrogens is 3. The number of fused-ring (bicyclic) bond motifs is 10. The quantitative estimate of drug-likeness (QED) is 0.419. The minimum absolute atomic E-state index is 0.0766. The maximum absolute atomic E-state index is 13.3. The molecule has 162 valence electrons. The summed E-state index contributed by atoms with van der Waals surface area (Å²) < 4.78 is 6.40. The van der Waals surface area contributed by atoms with Gasteiger partial charge in [-0.1, -0.05) is 17.4 Å². The fourth-order valence-corrected chi connectivity index (χ4v) is 7.74. The van der Waals surface area contributed by atoms with Crippen LogP contribution in [0.15, 0.2) is 36.5 Å². The van der Waals surface area contributed by atoms with Crippen molar-refractivity contribution in [3.63, 3.8) is 0 Å². The van der Waals surface area contributed by atoms with Gasteiger partial charge in [0, 0.05) is 5.39 Å². The standard InChI is InChI=1S/C24H23N5O2S/c1-31-24(30)29-17-7-6-15-14(10-26-28-15)21(17)19-11-2-3-12(8-11)20(19)22(29)13-4-5-16-18(9-13)32-23(25)27-16/h4-7,9-12,19-20,22H,2-3,8H2,1H3,(H2,25,27)(H,26,28)/t11?,12?,19-,20+,22?/m0/s1. The van der Waals surface area contributed by atoms with E-state index in [2.05, 4.69) is 33.4 Å². The van der Waals surface area contributed by atoms with Gasteiger partial charge in [-0.3, -0.25) is 10.00 Å². The molecule has 7 rings (SSSR count). The first-order valence-electron chi connectivity index (χ1n) is 11.1. The van der Waals surface area contributed by atoms with Gasteiger partial charge in [0.2, 0.25) is 0 Å². The van der Waals surface area contributed by atoms with Crippen LogP contribution in [0.3, 0.4) is 0 Å². The van der Waals surface area contributed by atoms with E-state index in [0.29, 0.717) is 28.8 Å². The van der Waals surface area contributed by atoms with Gasteiger partial charge in [0.1, 0.15) is 0 Å². The zero-order chi connectivity index (χ0) is 21.6. The number of amides is 1. The molecule has 5 atom stereocenters. The summed E-state index contributed by atoms with van der Waals surface area (Å²) in [6, 6.07) is 10.3. The molecule has 3 unspecified atom stereocenters. The second-order valence-corrected chi connectivity index (χ2v) is 10.4. The highest BCUT2D eigenvalue weighted by Crippen LogP contribution is 2.66. The van der Waals surface area contributed by atoms with Crippen LogP contribution >= 0.6 is 11.3 Å². The third-order valence-electron chi connectivity index (χ3n) is 8.00. The van der Waals surface area contributed by atoms with Gasteiger partial charge in [-0.25, -0.2) is 9.78 Å². The molecule has 4 aromatic rings. The molecule has 3 heterocycles. The number of nitrogens with two attached hydrogens (primary N) is 1. The van der Waals surface area contributed by atoms with Gasteiger partial charge in [0.25, 0.3) is 0 Å². The number of aromatic amines is 1. The highest BCUT2D eigenvalue weighted by atomic mass is 32.1. The van der Waals surface area contributed by atoms with Crippen molar-refractivity contribution >= 4 is 49.4 Å². The maximum Gasteiger partial charge on any atom is 0.414 e. The first-order valence-corrected chi connectivity index (χ1v) is 11.9. The molecular weight excluding hydrogens is 422 g/mol. The van der Waals surface area contributed by atoms with E-state index in [1.807, 2.05) is 23.2 Å². The van der Waals surface area contributed by atoms with Gasteiger partial charge >= 0.3 is 6.09 Å². The third kappa shape index (κ3) is 2.33. The molecular formula is C24H23N5O2S. The number of thiazole rings is 1. The monoisotopic (exact) mass is 445 g/mol. The van der Waals surface area contributed by atoms with Gasteiger partial charge < -0.3 is 10.5 Å². The Labute approximate surface area is 188 Å². The van der Waals surface area contributed by atoms with Crippen LogP contribution in [0.25, 0.3) is 21.1 Å². The van der Waals surface area contributed by atoms with Crippen molar-refractivity contribution in [2.45, 2.75) is 31.2 Å². The molecule has 2 saturated carbocycles. The van der Waals surface area contributed by atoms with E-state index in [9.17, 15) is 4.79 Å². The number of ether oxygens (including phenoxy) is 1. The van der Waals surface area contributed by atoms with Gasteiger partial charge in [-0.05, 0) is 78.3 Å². The Balaban J connectivity index is 1.50. The van der Waals surface area contributed by atoms with Crippen molar-refractivity contribution in [3.05, 3.63) is 47.7 Å². The number of nitrogen functional groups attached to an aromatic ring is 1. The number of carbonyl (C=O) groups excluding carboxylic acids is 1. The zero-order valence-electron chi connectivity index (χ0n) is 17.6. The summed E-state index contributed by atoms with van der Waals surface area (Å²) in [5.41, 5.74) is 11.2. The van der Waals surface area contributed by atoms with E-state index in [1.54, 1.807) is 0 Å². The number of methoxy groups -OCH3 is 1. The van der Waals surface area contributed by atoms with Crippen LogP contribution < -0.4 is 10.6 Å². The van der Waals surface area contributed by atoms with Crippen LogP contribution in [0.1, 0.15) is 42.3 Å².